The van der Waals surface area contributed by atoms with E-state index in [9.17, 15) is 4.79 Å². The Balaban J connectivity index is 1.75. The van der Waals surface area contributed by atoms with E-state index < -0.39 is 0 Å². The lowest BCUT2D eigenvalue weighted by atomic mass is 10.3. The summed E-state index contributed by atoms with van der Waals surface area (Å²) in [7, 11) is 2.08. The lowest BCUT2D eigenvalue weighted by Gasteiger charge is -2.18. The summed E-state index contributed by atoms with van der Waals surface area (Å²) >= 11 is 0. The van der Waals surface area contributed by atoms with Crippen molar-refractivity contribution in [1.29, 1.82) is 0 Å². The zero-order valence-electron chi connectivity index (χ0n) is 12.1. The molecule has 0 saturated carbocycles. The quantitative estimate of drug-likeness (QED) is 0.827. The molecule has 1 fully saturated rings. The van der Waals surface area contributed by atoms with Crippen LogP contribution in [0.1, 0.15) is 16.9 Å². The first kappa shape index (κ1) is 13.8. The molecule has 0 unspecified atom stereocenters. The second-order valence-electron chi connectivity index (χ2n) is 5.33. The third-order valence-electron chi connectivity index (χ3n) is 3.74. The van der Waals surface area contributed by atoms with E-state index in [0.717, 1.165) is 38.3 Å². The van der Waals surface area contributed by atoms with Crippen molar-refractivity contribution < 1.29 is 4.79 Å². The third-order valence-corrected chi connectivity index (χ3v) is 3.74. The number of hydrogen-bond donors (Lipinski definition) is 0. The minimum atomic E-state index is -0.0347. The Morgan fingerprint density at radius 1 is 1.10 bits per heavy atom. The molecule has 110 valence electrons. The third kappa shape index (κ3) is 3.11. The maximum Gasteiger partial charge on any atom is 0.276 e. The molecule has 0 bridgehead atoms. The van der Waals surface area contributed by atoms with Gasteiger partial charge in [-0.25, -0.2) is 4.68 Å². The van der Waals surface area contributed by atoms with Gasteiger partial charge in [0.05, 0.1) is 11.9 Å². The first-order valence-corrected chi connectivity index (χ1v) is 7.19. The van der Waals surface area contributed by atoms with E-state index in [2.05, 4.69) is 22.3 Å². The van der Waals surface area contributed by atoms with E-state index >= 15 is 0 Å². The first-order chi connectivity index (χ1) is 10.2. The smallest absolute Gasteiger partial charge is 0.276 e. The highest BCUT2D eigenvalue weighted by atomic mass is 16.2. The molecule has 1 aliphatic rings. The summed E-state index contributed by atoms with van der Waals surface area (Å²) in [6.45, 7) is 3.45. The predicted octanol–water partition coefficient (Wildman–Crippen LogP) is 1.05. The fourth-order valence-corrected chi connectivity index (χ4v) is 2.48. The van der Waals surface area contributed by atoms with Crippen molar-refractivity contribution in [2.24, 2.45) is 0 Å². The fraction of sp³-hybridized carbons (Fsp3) is 0.400. The van der Waals surface area contributed by atoms with E-state index in [1.54, 1.807) is 10.9 Å². The summed E-state index contributed by atoms with van der Waals surface area (Å²) in [6.07, 6.45) is 2.70. The maximum atomic E-state index is 12.5. The highest BCUT2D eigenvalue weighted by Gasteiger charge is 2.21. The number of hydrogen-bond acceptors (Lipinski definition) is 4. The second kappa shape index (κ2) is 6.05. The van der Waals surface area contributed by atoms with Crippen molar-refractivity contribution in [2.45, 2.75) is 6.42 Å². The van der Waals surface area contributed by atoms with Crippen molar-refractivity contribution in [3.63, 3.8) is 0 Å². The molecular weight excluding hydrogens is 266 g/mol. The number of aromatic nitrogens is 3. The van der Waals surface area contributed by atoms with Gasteiger partial charge in [-0.05, 0) is 32.1 Å². The van der Waals surface area contributed by atoms with Gasteiger partial charge in [-0.1, -0.05) is 23.4 Å². The van der Waals surface area contributed by atoms with E-state index in [1.165, 1.54) is 0 Å². The van der Waals surface area contributed by atoms with Crippen molar-refractivity contribution in [3.05, 3.63) is 42.2 Å². The van der Waals surface area contributed by atoms with Gasteiger partial charge in [0.2, 0.25) is 0 Å². The monoisotopic (exact) mass is 285 g/mol. The van der Waals surface area contributed by atoms with Gasteiger partial charge in [0, 0.05) is 19.6 Å². The van der Waals surface area contributed by atoms with Crippen LogP contribution in [0.15, 0.2) is 36.5 Å². The molecule has 1 aromatic carbocycles. The van der Waals surface area contributed by atoms with Gasteiger partial charge in [0.25, 0.3) is 5.91 Å². The number of amides is 1. The predicted molar refractivity (Wildman–Crippen MR) is 79.4 cm³/mol. The number of likely N-dealkylation sites (N-methyl/N-ethyl adjacent to an activating group) is 1. The summed E-state index contributed by atoms with van der Waals surface area (Å²) in [5.41, 5.74) is 1.31. The van der Waals surface area contributed by atoms with Crippen LogP contribution in [0.25, 0.3) is 5.69 Å². The molecule has 0 atom stereocenters. The summed E-state index contributed by atoms with van der Waals surface area (Å²) in [5.74, 6) is -0.0347. The van der Waals surface area contributed by atoms with Gasteiger partial charge >= 0.3 is 0 Å². The summed E-state index contributed by atoms with van der Waals surface area (Å²) in [6, 6.07) is 9.68. The van der Waals surface area contributed by atoms with Crippen molar-refractivity contribution in [1.82, 2.24) is 24.8 Å². The van der Waals surface area contributed by atoms with E-state index in [1.807, 2.05) is 35.2 Å². The van der Waals surface area contributed by atoms with Gasteiger partial charge in [-0.3, -0.25) is 4.79 Å². The molecule has 6 heteroatoms. The van der Waals surface area contributed by atoms with Crippen LogP contribution in [0, 0.1) is 0 Å². The van der Waals surface area contributed by atoms with E-state index in [-0.39, 0.29) is 5.91 Å². The molecular formula is C15H19N5O. The molecule has 3 rings (SSSR count). The molecule has 21 heavy (non-hydrogen) atoms. The Labute approximate surface area is 124 Å². The topological polar surface area (TPSA) is 54.3 Å². The maximum absolute atomic E-state index is 12.5. The zero-order valence-corrected chi connectivity index (χ0v) is 12.1. The van der Waals surface area contributed by atoms with Gasteiger partial charge in [-0.2, -0.15) is 0 Å². The van der Waals surface area contributed by atoms with Gasteiger partial charge in [0.1, 0.15) is 0 Å². The number of rotatable bonds is 2. The largest absolute Gasteiger partial charge is 0.336 e. The molecule has 1 saturated heterocycles. The van der Waals surface area contributed by atoms with Crippen LogP contribution >= 0.6 is 0 Å². The van der Waals surface area contributed by atoms with Gasteiger partial charge in [0.15, 0.2) is 5.69 Å². The molecule has 0 N–H and O–H groups in total. The van der Waals surface area contributed by atoms with Crippen LogP contribution in [-0.4, -0.2) is 63.9 Å². The molecule has 0 aliphatic carbocycles. The summed E-state index contributed by atoms with van der Waals surface area (Å²) in [4.78, 5) is 16.6. The standard InChI is InChI=1S/C15H19N5O/c1-18-8-5-9-19(11-10-18)15(21)14-12-20(17-16-14)13-6-3-2-4-7-13/h2-4,6-7,12H,5,8-11H2,1H3. The molecule has 2 aromatic rings. The highest BCUT2D eigenvalue weighted by molar-refractivity contribution is 5.92. The molecule has 6 nitrogen and oxygen atoms in total. The van der Waals surface area contributed by atoms with Crippen LogP contribution < -0.4 is 0 Å². The minimum absolute atomic E-state index is 0.0347. The average molecular weight is 285 g/mol. The van der Waals surface area contributed by atoms with E-state index in [4.69, 9.17) is 0 Å². The normalized spacial score (nSPS) is 16.7. The molecule has 2 heterocycles. The average Bonchev–Trinajstić information content (AvgIpc) is 2.91. The lowest BCUT2D eigenvalue weighted by molar-refractivity contribution is 0.0757. The number of para-hydroxylation sites is 1. The van der Waals surface area contributed by atoms with Gasteiger partial charge in [-0.15, -0.1) is 5.10 Å². The van der Waals surface area contributed by atoms with Gasteiger partial charge < -0.3 is 9.80 Å². The second-order valence-corrected chi connectivity index (χ2v) is 5.33. The molecule has 1 aliphatic heterocycles. The SMILES string of the molecule is CN1CCCN(C(=O)c2cn(-c3ccccc3)nn2)CC1. The minimum Gasteiger partial charge on any atom is -0.336 e. The highest BCUT2D eigenvalue weighted by Crippen LogP contribution is 2.09. The lowest BCUT2D eigenvalue weighted by Crippen LogP contribution is -2.34. The number of benzene rings is 1. The van der Waals surface area contributed by atoms with Crippen LogP contribution in [0.2, 0.25) is 0 Å². The number of carbonyl (C=O) groups is 1. The van der Waals surface area contributed by atoms with Crippen LogP contribution in [-0.2, 0) is 0 Å². The Kier molecular flexibility index (Phi) is 3.96. The van der Waals surface area contributed by atoms with Crippen molar-refractivity contribution >= 4 is 5.91 Å². The summed E-state index contributed by atoms with van der Waals surface area (Å²) < 4.78 is 1.64. The first-order valence-electron chi connectivity index (χ1n) is 7.19. The molecule has 1 aromatic heterocycles. The van der Waals surface area contributed by atoms with Crippen LogP contribution in [0.4, 0.5) is 0 Å². The van der Waals surface area contributed by atoms with Crippen LogP contribution in [0.3, 0.4) is 0 Å². The molecule has 0 radical (unpaired) electrons. The molecule has 1 amide bonds. The van der Waals surface area contributed by atoms with Crippen LogP contribution in [0.5, 0.6) is 0 Å². The van der Waals surface area contributed by atoms with Crippen molar-refractivity contribution in [2.75, 3.05) is 33.2 Å². The summed E-state index contributed by atoms with van der Waals surface area (Å²) in [5, 5.41) is 8.07. The number of carbonyl (C=O) groups excluding carboxylic acids is 1. The fourth-order valence-electron chi connectivity index (χ4n) is 2.48. The van der Waals surface area contributed by atoms with E-state index in [0.29, 0.717) is 5.69 Å². The van der Waals surface area contributed by atoms with Crippen molar-refractivity contribution in [3.8, 4) is 5.69 Å². The Morgan fingerprint density at radius 3 is 2.71 bits per heavy atom. The molecule has 0 spiro atoms. The number of nitrogens with zero attached hydrogens (tertiary/aromatic N) is 5. The Morgan fingerprint density at radius 2 is 1.90 bits per heavy atom. The Hall–Kier alpha value is -2.21. The Bertz CT molecular complexity index is 610. The zero-order chi connectivity index (χ0) is 14.7.